The molecule has 1 aromatic rings. The Hall–Kier alpha value is -1.42. The summed E-state index contributed by atoms with van der Waals surface area (Å²) in [6.45, 7) is 0. The average Bonchev–Trinajstić information content (AvgIpc) is 2.58. The van der Waals surface area contributed by atoms with Crippen LogP contribution in [0.25, 0.3) is 0 Å². The molecule has 2 rings (SSSR count). The molecule has 1 heterocycles. The number of aromatic nitrogens is 3. The second-order valence-corrected chi connectivity index (χ2v) is 2.77. The number of allylic oxidation sites excluding steroid dienone is 2. The van der Waals surface area contributed by atoms with Gasteiger partial charge in [0, 0.05) is 6.42 Å². The molecule has 0 spiro atoms. The van der Waals surface area contributed by atoms with Crippen LogP contribution in [-0.2, 0) is 5.60 Å². The van der Waals surface area contributed by atoms with Crippen LogP contribution in [0, 0.1) is 0 Å². The third-order valence-electron chi connectivity index (χ3n) is 1.91. The van der Waals surface area contributed by atoms with Crippen LogP contribution in [-0.4, -0.2) is 20.5 Å². The highest BCUT2D eigenvalue weighted by atomic mass is 16.3. The second-order valence-electron chi connectivity index (χ2n) is 2.77. The molecule has 0 saturated heterocycles. The lowest BCUT2D eigenvalue weighted by Crippen LogP contribution is -2.23. The summed E-state index contributed by atoms with van der Waals surface area (Å²) in [4.78, 5) is 0. The summed E-state index contributed by atoms with van der Waals surface area (Å²) in [7, 11) is 0. The highest BCUT2D eigenvalue weighted by Gasteiger charge is 2.28. The summed E-state index contributed by atoms with van der Waals surface area (Å²) in [5.74, 6) is 0. The molecule has 0 amide bonds. The zero-order valence-corrected chi connectivity index (χ0v) is 6.44. The summed E-state index contributed by atoms with van der Waals surface area (Å²) in [5, 5.41) is 19.9. The van der Waals surface area contributed by atoms with Gasteiger partial charge in [0.2, 0.25) is 0 Å². The number of nitrogens with one attached hydrogen (secondary N) is 1. The molecule has 0 bridgehead atoms. The Kier molecular flexibility index (Phi) is 1.55. The lowest BCUT2D eigenvalue weighted by Gasteiger charge is -2.21. The maximum atomic E-state index is 9.97. The summed E-state index contributed by atoms with van der Waals surface area (Å²) in [6.07, 6.45) is 9.39. The van der Waals surface area contributed by atoms with E-state index in [4.69, 9.17) is 0 Å². The lowest BCUT2D eigenvalue weighted by atomic mass is 9.92. The van der Waals surface area contributed by atoms with Crippen LogP contribution < -0.4 is 0 Å². The quantitative estimate of drug-likeness (QED) is 0.634. The first-order chi connectivity index (χ1) is 5.81. The molecule has 0 aromatic carbocycles. The van der Waals surface area contributed by atoms with Gasteiger partial charge < -0.3 is 5.11 Å². The van der Waals surface area contributed by atoms with E-state index in [-0.39, 0.29) is 0 Å². The predicted molar refractivity (Wildman–Crippen MR) is 43.2 cm³/mol. The number of hydrogen-bond donors (Lipinski definition) is 2. The molecule has 62 valence electrons. The highest BCUT2D eigenvalue weighted by molar-refractivity contribution is 5.25. The van der Waals surface area contributed by atoms with E-state index in [9.17, 15) is 5.11 Å². The molecule has 4 nitrogen and oxygen atoms in total. The van der Waals surface area contributed by atoms with Crippen molar-refractivity contribution in [1.82, 2.24) is 15.4 Å². The Morgan fingerprint density at radius 1 is 1.50 bits per heavy atom. The van der Waals surface area contributed by atoms with Crippen molar-refractivity contribution < 1.29 is 5.11 Å². The van der Waals surface area contributed by atoms with Crippen molar-refractivity contribution in [3.05, 3.63) is 36.2 Å². The summed E-state index contributed by atoms with van der Waals surface area (Å²) >= 11 is 0. The minimum absolute atomic E-state index is 0.552. The molecule has 4 heteroatoms. The fraction of sp³-hybridized carbons (Fsp3) is 0.250. The topological polar surface area (TPSA) is 61.8 Å². The fourth-order valence-electron chi connectivity index (χ4n) is 1.21. The van der Waals surface area contributed by atoms with Crippen molar-refractivity contribution in [1.29, 1.82) is 0 Å². The van der Waals surface area contributed by atoms with Crippen molar-refractivity contribution >= 4 is 0 Å². The molecule has 2 N–H and O–H groups in total. The molecular formula is C8H9N3O. The van der Waals surface area contributed by atoms with Gasteiger partial charge in [-0.3, -0.25) is 0 Å². The van der Waals surface area contributed by atoms with E-state index in [0.717, 1.165) is 0 Å². The highest BCUT2D eigenvalue weighted by Crippen LogP contribution is 2.26. The molecule has 1 unspecified atom stereocenters. The molecule has 12 heavy (non-hydrogen) atoms. The van der Waals surface area contributed by atoms with Crippen molar-refractivity contribution in [2.75, 3.05) is 0 Å². The van der Waals surface area contributed by atoms with Crippen molar-refractivity contribution in [3.8, 4) is 0 Å². The number of nitrogens with zero attached hydrogens (tertiary/aromatic N) is 2. The molecular weight excluding hydrogens is 154 g/mol. The number of aromatic amines is 1. The number of H-pyrrole nitrogens is 1. The summed E-state index contributed by atoms with van der Waals surface area (Å²) in [6, 6.07) is 0. The zero-order chi connectivity index (χ0) is 8.44. The van der Waals surface area contributed by atoms with Gasteiger partial charge in [0.1, 0.15) is 11.3 Å². The van der Waals surface area contributed by atoms with Gasteiger partial charge in [-0.1, -0.05) is 18.2 Å². The molecule has 0 saturated carbocycles. The van der Waals surface area contributed by atoms with E-state index in [2.05, 4.69) is 15.4 Å². The van der Waals surface area contributed by atoms with Gasteiger partial charge in [0.05, 0.1) is 6.20 Å². The van der Waals surface area contributed by atoms with E-state index in [0.29, 0.717) is 12.1 Å². The maximum absolute atomic E-state index is 9.97. The first-order valence-electron chi connectivity index (χ1n) is 3.74. The van der Waals surface area contributed by atoms with Gasteiger partial charge in [0.15, 0.2) is 0 Å². The minimum Gasteiger partial charge on any atom is -0.379 e. The second kappa shape index (κ2) is 2.57. The third kappa shape index (κ3) is 1.06. The van der Waals surface area contributed by atoms with Crippen LogP contribution in [0.2, 0.25) is 0 Å². The van der Waals surface area contributed by atoms with Crippen LogP contribution in [0.1, 0.15) is 12.1 Å². The minimum atomic E-state index is -0.970. The molecule has 1 aliphatic rings. The van der Waals surface area contributed by atoms with Gasteiger partial charge in [-0.2, -0.15) is 15.4 Å². The molecule has 1 aliphatic carbocycles. The van der Waals surface area contributed by atoms with Crippen LogP contribution in [0.4, 0.5) is 0 Å². The summed E-state index contributed by atoms with van der Waals surface area (Å²) < 4.78 is 0. The van der Waals surface area contributed by atoms with Crippen molar-refractivity contribution in [2.24, 2.45) is 0 Å². The third-order valence-corrected chi connectivity index (χ3v) is 1.91. The van der Waals surface area contributed by atoms with Gasteiger partial charge in [-0.05, 0) is 6.08 Å². The smallest absolute Gasteiger partial charge is 0.132 e. The fourth-order valence-corrected chi connectivity index (χ4v) is 1.21. The van der Waals surface area contributed by atoms with Crippen LogP contribution in [0.5, 0.6) is 0 Å². The Labute approximate surface area is 69.6 Å². The molecule has 0 radical (unpaired) electrons. The van der Waals surface area contributed by atoms with Gasteiger partial charge in [-0.25, -0.2) is 0 Å². The largest absolute Gasteiger partial charge is 0.379 e. The molecule has 1 atom stereocenters. The van der Waals surface area contributed by atoms with Crippen molar-refractivity contribution in [3.63, 3.8) is 0 Å². The lowest BCUT2D eigenvalue weighted by molar-refractivity contribution is 0.0868. The van der Waals surface area contributed by atoms with Gasteiger partial charge >= 0.3 is 0 Å². The molecule has 1 aromatic heterocycles. The first-order valence-corrected chi connectivity index (χ1v) is 3.74. The number of rotatable bonds is 1. The van der Waals surface area contributed by atoms with Gasteiger partial charge in [-0.15, -0.1) is 0 Å². The number of hydrogen-bond acceptors (Lipinski definition) is 3. The first kappa shape index (κ1) is 7.24. The molecule has 0 aliphatic heterocycles. The van der Waals surface area contributed by atoms with E-state index in [1.807, 2.05) is 12.2 Å². The van der Waals surface area contributed by atoms with E-state index < -0.39 is 5.60 Å². The molecule has 0 fully saturated rings. The normalized spacial score (nSPS) is 27.8. The van der Waals surface area contributed by atoms with Crippen LogP contribution in [0.15, 0.2) is 30.5 Å². The standard InChI is InChI=1S/C8H9N3O/c12-8(4-2-1-3-5-8)7-6-9-11-10-7/h1-4,6,12H,5H2,(H,9,10,11). The monoisotopic (exact) mass is 163 g/mol. The predicted octanol–water partition coefficient (Wildman–Crippen LogP) is 0.508. The SMILES string of the molecule is OC1(c2cn[nH]n2)C=CC=CC1. The zero-order valence-electron chi connectivity index (χ0n) is 6.44. The van der Waals surface area contributed by atoms with E-state index >= 15 is 0 Å². The number of aliphatic hydroxyl groups is 1. The van der Waals surface area contributed by atoms with Crippen LogP contribution >= 0.6 is 0 Å². The Balaban J connectivity index is 2.34. The average molecular weight is 163 g/mol. The van der Waals surface area contributed by atoms with Crippen LogP contribution in [0.3, 0.4) is 0 Å². The maximum Gasteiger partial charge on any atom is 0.132 e. The van der Waals surface area contributed by atoms with E-state index in [1.54, 1.807) is 12.2 Å². The Bertz CT molecular complexity index is 315. The van der Waals surface area contributed by atoms with Gasteiger partial charge in [0.25, 0.3) is 0 Å². The van der Waals surface area contributed by atoms with E-state index in [1.165, 1.54) is 6.20 Å². The Morgan fingerprint density at radius 2 is 2.42 bits per heavy atom. The summed E-state index contributed by atoms with van der Waals surface area (Å²) in [5.41, 5.74) is -0.412. The Morgan fingerprint density at radius 3 is 3.00 bits per heavy atom. The van der Waals surface area contributed by atoms with Crippen molar-refractivity contribution in [2.45, 2.75) is 12.0 Å².